The van der Waals surface area contributed by atoms with Crippen LogP contribution in [0.1, 0.15) is 11.4 Å². The number of ether oxygens (including phenoxy) is 2. The summed E-state index contributed by atoms with van der Waals surface area (Å²) < 4.78 is 12.3. The number of carbonyl (C=O) groups excluding carboxylic acids is 1. The molecule has 8 nitrogen and oxygen atoms in total. The summed E-state index contributed by atoms with van der Waals surface area (Å²) >= 11 is 14.3. The summed E-state index contributed by atoms with van der Waals surface area (Å²) in [4.78, 5) is 12.7. The van der Waals surface area contributed by atoms with E-state index in [1.165, 1.54) is 11.8 Å². The molecule has 2 amide bonds. The van der Waals surface area contributed by atoms with Gasteiger partial charge in [-0.05, 0) is 23.8 Å². The second-order valence-corrected chi connectivity index (χ2v) is 9.30. The molecule has 1 aromatic heterocycles. The molecule has 0 radical (unpaired) electrons. The van der Waals surface area contributed by atoms with Gasteiger partial charge in [-0.1, -0.05) is 65.3 Å². The molecule has 0 aliphatic heterocycles. The lowest BCUT2D eigenvalue weighted by Crippen LogP contribution is -2.29. The Morgan fingerprint density at radius 1 is 0.972 bits per heavy atom. The highest BCUT2D eigenvalue weighted by Gasteiger charge is 2.18. The Morgan fingerprint density at radius 3 is 2.39 bits per heavy atom. The Morgan fingerprint density at radius 2 is 1.69 bits per heavy atom. The number of hydrogen-bond acceptors (Lipinski definition) is 6. The zero-order valence-corrected chi connectivity index (χ0v) is 21.8. The van der Waals surface area contributed by atoms with E-state index in [0.29, 0.717) is 49.7 Å². The van der Waals surface area contributed by atoms with Crippen molar-refractivity contribution in [3.63, 3.8) is 0 Å². The third kappa shape index (κ3) is 6.42. The van der Waals surface area contributed by atoms with Gasteiger partial charge in [-0.25, -0.2) is 4.79 Å². The van der Waals surface area contributed by atoms with E-state index in [1.54, 1.807) is 55.2 Å². The number of urea groups is 1. The lowest BCUT2D eigenvalue weighted by molar-refractivity contribution is 0.251. The highest BCUT2D eigenvalue weighted by Crippen LogP contribution is 2.31. The standard InChI is InChI=1S/C25H23Cl2N5O3S/c1-34-19-11-18(12-20(13-19)35-2)29-24(33)28-14-23-30-31-25(36-15-16-6-4-3-5-7-16)32(23)22-10-17(26)8-9-21(22)27/h3-13H,14-15H2,1-2H3,(H2,28,29,33). The molecule has 0 aliphatic carbocycles. The first kappa shape index (κ1) is 25.7. The van der Waals surface area contributed by atoms with Gasteiger partial charge in [0.15, 0.2) is 11.0 Å². The van der Waals surface area contributed by atoms with Gasteiger partial charge in [-0.15, -0.1) is 10.2 Å². The molecule has 1 heterocycles. The molecule has 0 spiro atoms. The second-order valence-electron chi connectivity index (χ2n) is 7.51. The van der Waals surface area contributed by atoms with Crippen molar-refractivity contribution in [1.82, 2.24) is 20.1 Å². The van der Waals surface area contributed by atoms with Crippen LogP contribution in [0.25, 0.3) is 5.69 Å². The van der Waals surface area contributed by atoms with Crippen molar-refractivity contribution >= 4 is 46.7 Å². The molecular weight excluding hydrogens is 521 g/mol. The Balaban J connectivity index is 1.54. The van der Waals surface area contributed by atoms with Crippen LogP contribution < -0.4 is 20.1 Å². The Hall–Kier alpha value is -3.40. The fourth-order valence-corrected chi connectivity index (χ4v) is 4.63. The van der Waals surface area contributed by atoms with E-state index < -0.39 is 6.03 Å². The Kier molecular flexibility index (Phi) is 8.58. The molecule has 0 saturated carbocycles. The van der Waals surface area contributed by atoms with Crippen LogP contribution in [0.4, 0.5) is 10.5 Å². The largest absolute Gasteiger partial charge is 0.497 e. The molecule has 186 valence electrons. The number of aromatic nitrogens is 3. The number of amides is 2. The third-order valence-electron chi connectivity index (χ3n) is 5.08. The maximum absolute atomic E-state index is 12.7. The molecule has 0 unspecified atom stereocenters. The zero-order valence-electron chi connectivity index (χ0n) is 19.5. The molecule has 4 aromatic rings. The van der Waals surface area contributed by atoms with Crippen molar-refractivity contribution in [3.8, 4) is 17.2 Å². The average Bonchev–Trinajstić information content (AvgIpc) is 3.30. The normalized spacial score (nSPS) is 10.7. The summed E-state index contributed by atoms with van der Waals surface area (Å²) in [5.41, 5.74) is 2.28. The minimum atomic E-state index is -0.435. The van der Waals surface area contributed by atoms with Crippen molar-refractivity contribution in [2.75, 3.05) is 19.5 Å². The Bertz CT molecular complexity index is 1330. The predicted molar refractivity (Wildman–Crippen MR) is 143 cm³/mol. The summed E-state index contributed by atoms with van der Waals surface area (Å²) in [5.74, 6) is 2.29. The van der Waals surface area contributed by atoms with E-state index in [0.717, 1.165) is 5.56 Å². The number of carbonyl (C=O) groups is 1. The van der Waals surface area contributed by atoms with Crippen LogP contribution in [-0.2, 0) is 12.3 Å². The first-order valence-corrected chi connectivity index (χ1v) is 12.6. The molecule has 0 saturated heterocycles. The number of methoxy groups -OCH3 is 2. The summed E-state index contributed by atoms with van der Waals surface area (Å²) in [6.07, 6.45) is 0. The highest BCUT2D eigenvalue weighted by atomic mass is 35.5. The SMILES string of the molecule is COc1cc(NC(=O)NCc2nnc(SCc3ccccc3)n2-c2cc(Cl)ccc2Cl)cc(OC)c1. The molecule has 11 heteroatoms. The van der Waals surface area contributed by atoms with Gasteiger partial charge in [0.25, 0.3) is 0 Å². The van der Waals surface area contributed by atoms with Gasteiger partial charge in [0, 0.05) is 34.7 Å². The summed E-state index contributed by atoms with van der Waals surface area (Å²) in [7, 11) is 3.08. The number of hydrogen-bond donors (Lipinski definition) is 2. The fraction of sp³-hybridized carbons (Fsp3) is 0.160. The van der Waals surface area contributed by atoms with Gasteiger partial charge < -0.3 is 20.1 Å². The molecule has 2 N–H and O–H groups in total. The second kappa shape index (κ2) is 12.0. The average molecular weight is 544 g/mol. The molecule has 0 aliphatic rings. The molecule has 4 rings (SSSR count). The molecule has 0 bridgehead atoms. The molecular formula is C25H23Cl2N5O3S. The first-order valence-electron chi connectivity index (χ1n) is 10.8. The van der Waals surface area contributed by atoms with E-state index in [2.05, 4.69) is 20.8 Å². The van der Waals surface area contributed by atoms with E-state index in [-0.39, 0.29) is 6.54 Å². The number of nitrogens with one attached hydrogen (secondary N) is 2. The molecule has 36 heavy (non-hydrogen) atoms. The van der Waals surface area contributed by atoms with Crippen LogP contribution in [0.15, 0.2) is 71.9 Å². The van der Waals surface area contributed by atoms with Gasteiger partial charge in [-0.3, -0.25) is 4.57 Å². The minimum Gasteiger partial charge on any atom is -0.497 e. The van der Waals surface area contributed by atoms with Crippen molar-refractivity contribution in [2.45, 2.75) is 17.5 Å². The van der Waals surface area contributed by atoms with Crippen LogP contribution in [0.2, 0.25) is 10.0 Å². The topological polar surface area (TPSA) is 90.3 Å². The highest BCUT2D eigenvalue weighted by molar-refractivity contribution is 7.98. The molecule has 0 fully saturated rings. The lowest BCUT2D eigenvalue weighted by Gasteiger charge is -2.14. The fourth-order valence-electron chi connectivity index (χ4n) is 3.34. The van der Waals surface area contributed by atoms with Crippen molar-refractivity contribution in [3.05, 3.63) is 88.2 Å². The maximum Gasteiger partial charge on any atom is 0.319 e. The van der Waals surface area contributed by atoms with Gasteiger partial charge in [0.05, 0.1) is 31.5 Å². The first-order chi connectivity index (χ1) is 17.5. The van der Waals surface area contributed by atoms with E-state index >= 15 is 0 Å². The van der Waals surface area contributed by atoms with E-state index in [1.807, 2.05) is 30.3 Å². The predicted octanol–water partition coefficient (Wildman–Crippen LogP) is 6.21. The summed E-state index contributed by atoms with van der Waals surface area (Å²) in [5, 5.41) is 15.9. The number of anilines is 1. The van der Waals surface area contributed by atoms with Crippen LogP contribution in [0.5, 0.6) is 11.5 Å². The monoisotopic (exact) mass is 543 g/mol. The third-order valence-corrected chi connectivity index (χ3v) is 6.63. The maximum atomic E-state index is 12.7. The van der Waals surface area contributed by atoms with Gasteiger partial charge in [-0.2, -0.15) is 0 Å². The van der Waals surface area contributed by atoms with Gasteiger partial charge >= 0.3 is 6.03 Å². The minimum absolute atomic E-state index is 0.0919. The zero-order chi connectivity index (χ0) is 25.5. The van der Waals surface area contributed by atoms with Crippen molar-refractivity contribution in [1.29, 1.82) is 0 Å². The summed E-state index contributed by atoms with van der Waals surface area (Å²) in [6.45, 7) is 0.0919. The molecule has 0 atom stereocenters. The van der Waals surface area contributed by atoms with Crippen molar-refractivity contribution in [2.24, 2.45) is 0 Å². The van der Waals surface area contributed by atoms with Gasteiger partial charge in [0.1, 0.15) is 11.5 Å². The quantitative estimate of drug-likeness (QED) is 0.244. The number of halogens is 2. The Labute approximate surface area is 222 Å². The van der Waals surface area contributed by atoms with Gasteiger partial charge in [0.2, 0.25) is 0 Å². The number of rotatable bonds is 9. The van der Waals surface area contributed by atoms with Crippen LogP contribution in [0, 0.1) is 0 Å². The van der Waals surface area contributed by atoms with Crippen molar-refractivity contribution < 1.29 is 14.3 Å². The smallest absolute Gasteiger partial charge is 0.319 e. The summed E-state index contributed by atoms with van der Waals surface area (Å²) in [6, 6.07) is 19.9. The molecule has 3 aromatic carbocycles. The van der Waals surface area contributed by atoms with E-state index in [9.17, 15) is 4.79 Å². The lowest BCUT2D eigenvalue weighted by atomic mass is 10.2. The number of thioether (sulfide) groups is 1. The van der Waals surface area contributed by atoms with Crippen LogP contribution >= 0.6 is 35.0 Å². The van der Waals surface area contributed by atoms with E-state index in [4.69, 9.17) is 32.7 Å². The van der Waals surface area contributed by atoms with Crippen LogP contribution in [-0.4, -0.2) is 35.0 Å². The number of nitrogens with zero attached hydrogens (tertiary/aromatic N) is 3. The number of benzene rings is 3. The van der Waals surface area contributed by atoms with Crippen LogP contribution in [0.3, 0.4) is 0 Å².